The number of hydrogen-bond acceptors (Lipinski definition) is 6. The third kappa shape index (κ3) is 3.71. The number of sulfonamides is 1. The number of allylic oxidation sites excluding steroid dienone is 1. The molecule has 1 aromatic carbocycles. The van der Waals surface area contributed by atoms with Gasteiger partial charge in [0.2, 0.25) is 10.0 Å². The summed E-state index contributed by atoms with van der Waals surface area (Å²) >= 11 is 0. The van der Waals surface area contributed by atoms with Gasteiger partial charge >= 0.3 is 0 Å². The Kier molecular flexibility index (Phi) is 5.38. The molecule has 3 aliphatic rings. The number of hydrogen-bond donors (Lipinski definition) is 0. The largest absolute Gasteiger partial charge is 0.318 e. The first-order valence-corrected chi connectivity index (χ1v) is 13.3. The van der Waals surface area contributed by atoms with E-state index in [-0.39, 0.29) is 10.9 Å². The molecular formula is C26H26N6O2S. The van der Waals surface area contributed by atoms with Crippen LogP contribution in [0.15, 0.2) is 83.0 Å². The minimum absolute atomic E-state index is 0.274. The van der Waals surface area contributed by atoms with Crippen molar-refractivity contribution < 1.29 is 8.42 Å². The quantitative estimate of drug-likeness (QED) is 0.551. The summed E-state index contributed by atoms with van der Waals surface area (Å²) in [5.41, 5.74) is 3.46. The minimum Gasteiger partial charge on any atom is -0.318 e. The molecule has 0 amide bonds. The van der Waals surface area contributed by atoms with Gasteiger partial charge in [-0.2, -0.15) is 9.40 Å². The maximum absolute atomic E-state index is 13.5. The highest BCUT2D eigenvalue weighted by Crippen LogP contribution is 2.43. The molecule has 0 N–H and O–H groups in total. The van der Waals surface area contributed by atoms with Crippen LogP contribution in [0.25, 0.3) is 5.69 Å². The van der Waals surface area contributed by atoms with E-state index in [2.05, 4.69) is 4.98 Å². The first kappa shape index (κ1) is 21.9. The van der Waals surface area contributed by atoms with E-state index in [1.165, 1.54) is 0 Å². The van der Waals surface area contributed by atoms with Gasteiger partial charge in [0.25, 0.3) is 0 Å². The number of piperidine rings is 1. The van der Waals surface area contributed by atoms with Gasteiger partial charge < -0.3 is 4.90 Å². The number of fused-ring (bicyclic) bond motifs is 2. The van der Waals surface area contributed by atoms with E-state index >= 15 is 0 Å². The van der Waals surface area contributed by atoms with Crippen molar-refractivity contribution in [3.05, 3.63) is 94.9 Å². The fraction of sp³-hybridized carbons (Fsp3) is 0.269. The van der Waals surface area contributed by atoms with E-state index in [9.17, 15) is 8.42 Å². The van der Waals surface area contributed by atoms with Crippen molar-refractivity contribution >= 4 is 21.7 Å². The van der Waals surface area contributed by atoms with Gasteiger partial charge in [0.15, 0.2) is 5.82 Å². The van der Waals surface area contributed by atoms with Crippen molar-refractivity contribution in [2.24, 2.45) is 4.99 Å². The number of aliphatic imine (C=N–C) groups is 1. The summed E-state index contributed by atoms with van der Waals surface area (Å²) in [4.78, 5) is 11.8. The highest BCUT2D eigenvalue weighted by molar-refractivity contribution is 7.93. The molecule has 6 rings (SSSR count). The Hall–Kier alpha value is -3.56. The van der Waals surface area contributed by atoms with Gasteiger partial charge in [-0.25, -0.2) is 18.1 Å². The summed E-state index contributed by atoms with van der Waals surface area (Å²) < 4.78 is 30.4. The molecule has 3 aliphatic heterocycles. The zero-order valence-corrected chi connectivity index (χ0v) is 20.3. The summed E-state index contributed by atoms with van der Waals surface area (Å²) in [5.74, 6) is 1.39. The van der Waals surface area contributed by atoms with E-state index in [0.717, 1.165) is 47.7 Å². The second kappa shape index (κ2) is 8.58. The number of para-hydroxylation sites is 1. The van der Waals surface area contributed by atoms with Crippen LogP contribution >= 0.6 is 0 Å². The number of aryl methyl sites for hydroxylation is 1. The summed E-state index contributed by atoms with van der Waals surface area (Å²) in [5, 5.41) is 4.82. The Morgan fingerprint density at radius 1 is 0.943 bits per heavy atom. The van der Waals surface area contributed by atoms with Crippen molar-refractivity contribution in [1.29, 1.82) is 0 Å². The zero-order chi connectivity index (χ0) is 24.0. The molecule has 0 saturated carbocycles. The standard InChI is InChI=1S/C26H26N6O2S/c1-19-24-25(22-12-6-7-15-27-22)31-18-21(35(33,34)30-16-8-3-9-17-30)13-14-23(31)28-26(24)32(29-19)20-10-4-2-5-11-20/h2,4-7,10-15,18,25H,3,8-9,16-17H2,1H3. The molecule has 1 saturated heterocycles. The van der Waals surface area contributed by atoms with E-state index in [0.29, 0.717) is 18.9 Å². The van der Waals surface area contributed by atoms with Crippen LogP contribution in [0.5, 0.6) is 0 Å². The first-order valence-electron chi connectivity index (χ1n) is 11.9. The van der Waals surface area contributed by atoms with Crippen LogP contribution in [0.1, 0.15) is 42.3 Å². The van der Waals surface area contributed by atoms with Crippen molar-refractivity contribution in [2.75, 3.05) is 13.1 Å². The molecular weight excluding hydrogens is 460 g/mol. The number of pyridine rings is 1. The van der Waals surface area contributed by atoms with Crippen molar-refractivity contribution in [3.8, 4) is 5.69 Å². The van der Waals surface area contributed by atoms with Crippen molar-refractivity contribution in [2.45, 2.75) is 32.2 Å². The van der Waals surface area contributed by atoms with Crippen LogP contribution in [0, 0.1) is 6.92 Å². The Balaban J connectivity index is 1.51. The van der Waals surface area contributed by atoms with Gasteiger partial charge in [-0.1, -0.05) is 30.7 Å². The van der Waals surface area contributed by atoms with Crippen LogP contribution in [0.2, 0.25) is 0 Å². The first-order chi connectivity index (χ1) is 17.0. The topological polar surface area (TPSA) is 83.7 Å². The monoisotopic (exact) mass is 486 g/mol. The van der Waals surface area contributed by atoms with Crippen LogP contribution in [-0.2, 0) is 10.0 Å². The molecule has 2 aromatic heterocycles. The van der Waals surface area contributed by atoms with E-state index in [1.807, 2.05) is 65.0 Å². The lowest BCUT2D eigenvalue weighted by atomic mass is 9.98. The lowest BCUT2D eigenvalue weighted by Crippen LogP contribution is -2.39. The predicted octanol–water partition coefficient (Wildman–Crippen LogP) is 4.24. The molecule has 178 valence electrons. The Labute approximate surface area is 205 Å². The van der Waals surface area contributed by atoms with E-state index in [1.54, 1.807) is 28.9 Å². The summed E-state index contributed by atoms with van der Waals surface area (Å²) in [6.45, 7) is 3.08. The van der Waals surface area contributed by atoms with Gasteiger partial charge in [-0.3, -0.25) is 4.98 Å². The Morgan fingerprint density at radius 2 is 1.71 bits per heavy atom. The fourth-order valence-corrected chi connectivity index (χ4v) is 6.50. The third-order valence-corrected chi connectivity index (χ3v) is 8.58. The molecule has 3 aromatic rings. The number of aromatic nitrogens is 3. The molecule has 5 heterocycles. The zero-order valence-electron chi connectivity index (χ0n) is 19.4. The van der Waals surface area contributed by atoms with E-state index < -0.39 is 10.0 Å². The lowest BCUT2D eigenvalue weighted by molar-refractivity contribution is 0.349. The molecule has 8 nitrogen and oxygen atoms in total. The fourth-order valence-electron chi connectivity index (χ4n) is 4.98. The van der Waals surface area contributed by atoms with Crippen molar-refractivity contribution in [1.82, 2.24) is 24.0 Å². The average molecular weight is 487 g/mol. The third-order valence-electron chi connectivity index (χ3n) is 6.70. The summed E-state index contributed by atoms with van der Waals surface area (Å²) in [6, 6.07) is 15.3. The molecule has 1 atom stereocenters. The SMILES string of the molecule is Cc1nn(-c2ccccc2)c2c1C(c1ccccn1)N1C=C(S(=O)(=O)N3CCCCC3)C=CC1=N2. The van der Waals surface area contributed by atoms with Gasteiger partial charge in [0, 0.05) is 31.0 Å². The average Bonchev–Trinajstić information content (AvgIpc) is 3.24. The molecule has 1 unspecified atom stereocenters. The van der Waals surface area contributed by atoms with Crippen LogP contribution in [0.4, 0.5) is 5.82 Å². The maximum Gasteiger partial charge on any atom is 0.244 e. The molecule has 1 fully saturated rings. The maximum atomic E-state index is 13.5. The smallest absolute Gasteiger partial charge is 0.244 e. The van der Waals surface area contributed by atoms with Gasteiger partial charge in [0.1, 0.15) is 11.9 Å². The number of benzene rings is 1. The van der Waals surface area contributed by atoms with Crippen LogP contribution < -0.4 is 0 Å². The Bertz CT molecular complexity index is 1450. The number of nitrogens with zero attached hydrogens (tertiary/aromatic N) is 6. The van der Waals surface area contributed by atoms with Crippen LogP contribution in [-0.4, -0.2) is 51.3 Å². The van der Waals surface area contributed by atoms with Gasteiger partial charge in [-0.15, -0.1) is 0 Å². The molecule has 35 heavy (non-hydrogen) atoms. The Morgan fingerprint density at radius 3 is 2.46 bits per heavy atom. The molecule has 0 aliphatic carbocycles. The van der Waals surface area contributed by atoms with Crippen LogP contribution in [0.3, 0.4) is 0 Å². The summed E-state index contributed by atoms with van der Waals surface area (Å²) in [6.07, 6.45) is 9.77. The number of rotatable bonds is 4. The normalized spacial score (nSPS) is 20.1. The van der Waals surface area contributed by atoms with Gasteiger partial charge in [0.05, 0.1) is 22.0 Å². The highest BCUT2D eigenvalue weighted by Gasteiger charge is 2.38. The minimum atomic E-state index is -3.60. The molecule has 9 heteroatoms. The second-order valence-electron chi connectivity index (χ2n) is 8.93. The highest BCUT2D eigenvalue weighted by atomic mass is 32.2. The molecule has 0 spiro atoms. The van der Waals surface area contributed by atoms with E-state index in [4.69, 9.17) is 10.1 Å². The lowest BCUT2D eigenvalue weighted by Gasteiger charge is -2.36. The van der Waals surface area contributed by atoms with Gasteiger partial charge in [-0.05, 0) is 56.2 Å². The summed E-state index contributed by atoms with van der Waals surface area (Å²) in [7, 11) is -3.60. The van der Waals surface area contributed by atoms with Crippen molar-refractivity contribution in [3.63, 3.8) is 0 Å². The predicted molar refractivity (Wildman–Crippen MR) is 135 cm³/mol. The molecule has 0 bridgehead atoms. The number of amidine groups is 1. The second-order valence-corrected chi connectivity index (χ2v) is 10.9. The molecule has 0 radical (unpaired) electrons.